The predicted octanol–water partition coefficient (Wildman–Crippen LogP) is 2.10. The summed E-state index contributed by atoms with van der Waals surface area (Å²) in [6.45, 7) is 0.467. The normalized spacial score (nSPS) is 10.1. The molecule has 14 heavy (non-hydrogen) atoms. The van der Waals surface area contributed by atoms with Gasteiger partial charge in [0.25, 0.3) is 0 Å². The third-order valence-corrected chi connectivity index (χ3v) is 1.95. The number of benzene rings is 1. The first-order valence-corrected chi connectivity index (χ1v) is 4.47. The van der Waals surface area contributed by atoms with Gasteiger partial charge in [-0.05, 0) is 23.6 Å². The van der Waals surface area contributed by atoms with Crippen LogP contribution in [0.15, 0.2) is 18.2 Å². The van der Waals surface area contributed by atoms with Crippen molar-refractivity contribution in [3.8, 4) is 0 Å². The Bertz CT molecular complexity index is 310. The van der Waals surface area contributed by atoms with E-state index in [2.05, 4.69) is 0 Å². The Morgan fingerprint density at radius 1 is 1.50 bits per heavy atom. The van der Waals surface area contributed by atoms with Crippen LogP contribution in [0.25, 0.3) is 0 Å². The molecule has 2 nitrogen and oxygen atoms in total. The lowest BCUT2D eigenvalue weighted by Crippen LogP contribution is -1.95. The largest absolute Gasteiger partial charge is 0.380 e. The van der Waals surface area contributed by atoms with Crippen LogP contribution in [0.2, 0.25) is 0 Å². The standard InChI is InChI=1S/C11H13FO2/c1-14-8-9-4-5-11(12)10(7-9)3-2-6-13/h4-7H,2-3,8H2,1H3. The van der Waals surface area contributed by atoms with Crippen molar-refractivity contribution in [3.63, 3.8) is 0 Å². The molecule has 0 fully saturated rings. The zero-order valence-corrected chi connectivity index (χ0v) is 8.13. The Hall–Kier alpha value is -1.22. The first kappa shape index (κ1) is 10.9. The van der Waals surface area contributed by atoms with E-state index in [4.69, 9.17) is 4.74 Å². The molecule has 1 aromatic carbocycles. The van der Waals surface area contributed by atoms with E-state index in [-0.39, 0.29) is 5.82 Å². The summed E-state index contributed by atoms with van der Waals surface area (Å²) in [4.78, 5) is 10.2. The lowest BCUT2D eigenvalue weighted by molar-refractivity contribution is -0.107. The molecule has 0 amide bonds. The van der Waals surface area contributed by atoms with E-state index in [9.17, 15) is 9.18 Å². The van der Waals surface area contributed by atoms with Gasteiger partial charge in [0.05, 0.1) is 6.61 Å². The van der Waals surface area contributed by atoms with Crippen molar-refractivity contribution in [1.29, 1.82) is 0 Å². The molecule has 0 bridgehead atoms. The van der Waals surface area contributed by atoms with E-state index in [0.717, 1.165) is 11.8 Å². The van der Waals surface area contributed by atoms with Gasteiger partial charge in [0, 0.05) is 13.5 Å². The summed E-state index contributed by atoms with van der Waals surface area (Å²) in [6, 6.07) is 4.83. The quantitative estimate of drug-likeness (QED) is 0.674. The first-order chi connectivity index (χ1) is 6.77. The number of rotatable bonds is 5. The van der Waals surface area contributed by atoms with Gasteiger partial charge in [0.1, 0.15) is 12.1 Å². The molecule has 0 aliphatic heterocycles. The molecule has 0 saturated carbocycles. The second-order valence-electron chi connectivity index (χ2n) is 3.06. The lowest BCUT2D eigenvalue weighted by atomic mass is 10.1. The number of hydrogen-bond acceptors (Lipinski definition) is 2. The first-order valence-electron chi connectivity index (χ1n) is 4.47. The molecular weight excluding hydrogens is 183 g/mol. The fourth-order valence-corrected chi connectivity index (χ4v) is 1.29. The summed E-state index contributed by atoms with van der Waals surface area (Å²) >= 11 is 0. The maximum absolute atomic E-state index is 13.2. The number of aldehydes is 1. The number of methoxy groups -OCH3 is 1. The fraction of sp³-hybridized carbons (Fsp3) is 0.364. The van der Waals surface area contributed by atoms with Crippen molar-refractivity contribution in [2.75, 3.05) is 7.11 Å². The molecule has 1 aromatic rings. The minimum Gasteiger partial charge on any atom is -0.380 e. The van der Waals surface area contributed by atoms with Crippen molar-refractivity contribution in [2.45, 2.75) is 19.4 Å². The van der Waals surface area contributed by atoms with Crippen LogP contribution in [-0.2, 0) is 22.6 Å². The van der Waals surface area contributed by atoms with Gasteiger partial charge in [-0.2, -0.15) is 0 Å². The second kappa shape index (κ2) is 5.50. The highest BCUT2D eigenvalue weighted by Crippen LogP contribution is 2.12. The maximum Gasteiger partial charge on any atom is 0.126 e. The van der Waals surface area contributed by atoms with Crippen LogP contribution >= 0.6 is 0 Å². The van der Waals surface area contributed by atoms with E-state index in [1.54, 1.807) is 19.2 Å². The minimum atomic E-state index is -0.258. The summed E-state index contributed by atoms with van der Waals surface area (Å²) in [5.74, 6) is -0.258. The molecule has 0 aliphatic rings. The zero-order valence-electron chi connectivity index (χ0n) is 8.13. The molecule has 76 valence electrons. The van der Waals surface area contributed by atoms with E-state index < -0.39 is 0 Å². The Labute approximate surface area is 82.7 Å². The highest BCUT2D eigenvalue weighted by Gasteiger charge is 2.02. The summed E-state index contributed by atoms with van der Waals surface area (Å²) in [7, 11) is 1.59. The van der Waals surface area contributed by atoms with Crippen molar-refractivity contribution in [3.05, 3.63) is 35.1 Å². The molecule has 3 heteroatoms. The molecule has 0 unspecified atom stereocenters. The van der Waals surface area contributed by atoms with Gasteiger partial charge >= 0.3 is 0 Å². The van der Waals surface area contributed by atoms with Crippen LogP contribution < -0.4 is 0 Å². The maximum atomic E-state index is 13.2. The van der Waals surface area contributed by atoms with Crippen LogP contribution in [-0.4, -0.2) is 13.4 Å². The predicted molar refractivity (Wildman–Crippen MR) is 51.5 cm³/mol. The summed E-state index contributed by atoms with van der Waals surface area (Å²) < 4.78 is 18.1. The molecule has 0 heterocycles. The van der Waals surface area contributed by atoms with Crippen LogP contribution in [0.3, 0.4) is 0 Å². The highest BCUT2D eigenvalue weighted by atomic mass is 19.1. The van der Waals surface area contributed by atoms with Gasteiger partial charge in [0.2, 0.25) is 0 Å². The SMILES string of the molecule is COCc1ccc(F)c(CCC=O)c1. The third-order valence-electron chi connectivity index (χ3n) is 1.95. The zero-order chi connectivity index (χ0) is 10.4. The van der Waals surface area contributed by atoms with Crippen molar-refractivity contribution in [2.24, 2.45) is 0 Å². The molecule has 0 N–H and O–H groups in total. The van der Waals surface area contributed by atoms with Gasteiger partial charge in [-0.3, -0.25) is 0 Å². The Kier molecular flexibility index (Phi) is 4.26. The van der Waals surface area contributed by atoms with Crippen molar-refractivity contribution >= 4 is 6.29 Å². The van der Waals surface area contributed by atoms with Crippen LogP contribution in [0.1, 0.15) is 17.5 Å². The van der Waals surface area contributed by atoms with Gasteiger partial charge in [0.15, 0.2) is 0 Å². The lowest BCUT2D eigenvalue weighted by Gasteiger charge is -2.04. The van der Waals surface area contributed by atoms with Crippen LogP contribution in [0, 0.1) is 5.82 Å². The Morgan fingerprint density at radius 3 is 2.93 bits per heavy atom. The summed E-state index contributed by atoms with van der Waals surface area (Å²) in [5.41, 5.74) is 1.50. The number of aryl methyl sites for hydroxylation is 1. The molecule has 0 radical (unpaired) electrons. The van der Waals surface area contributed by atoms with Crippen LogP contribution in [0.4, 0.5) is 4.39 Å². The molecule has 0 aromatic heterocycles. The van der Waals surface area contributed by atoms with E-state index >= 15 is 0 Å². The molecule has 0 saturated heterocycles. The smallest absolute Gasteiger partial charge is 0.126 e. The number of halogens is 1. The minimum absolute atomic E-state index is 0.258. The van der Waals surface area contributed by atoms with Gasteiger partial charge in [-0.15, -0.1) is 0 Å². The van der Waals surface area contributed by atoms with Crippen molar-refractivity contribution < 1.29 is 13.9 Å². The van der Waals surface area contributed by atoms with Gasteiger partial charge in [-0.25, -0.2) is 4.39 Å². The summed E-state index contributed by atoms with van der Waals surface area (Å²) in [5, 5.41) is 0. The average Bonchev–Trinajstić information content (AvgIpc) is 2.19. The van der Waals surface area contributed by atoms with Gasteiger partial charge < -0.3 is 9.53 Å². The van der Waals surface area contributed by atoms with E-state index in [1.807, 2.05) is 0 Å². The Morgan fingerprint density at radius 2 is 2.29 bits per heavy atom. The number of ether oxygens (including phenoxy) is 1. The highest BCUT2D eigenvalue weighted by molar-refractivity contribution is 5.50. The van der Waals surface area contributed by atoms with E-state index in [0.29, 0.717) is 25.0 Å². The van der Waals surface area contributed by atoms with E-state index in [1.165, 1.54) is 6.07 Å². The number of hydrogen-bond donors (Lipinski definition) is 0. The van der Waals surface area contributed by atoms with Gasteiger partial charge in [-0.1, -0.05) is 12.1 Å². The Balaban J connectivity index is 2.78. The molecule has 0 atom stereocenters. The monoisotopic (exact) mass is 196 g/mol. The second-order valence-corrected chi connectivity index (χ2v) is 3.06. The number of carbonyl (C=O) groups excluding carboxylic acids is 1. The van der Waals surface area contributed by atoms with Crippen molar-refractivity contribution in [1.82, 2.24) is 0 Å². The molecule has 0 spiro atoms. The topological polar surface area (TPSA) is 26.3 Å². The summed E-state index contributed by atoms with van der Waals surface area (Å²) in [6.07, 6.45) is 1.60. The molecule has 0 aliphatic carbocycles. The molecular formula is C11H13FO2. The average molecular weight is 196 g/mol. The number of carbonyl (C=O) groups is 1. The fourth-order valence-electron chi connectivity index (χ4n) is 1.29. The third kappa shape index (κ3) is 2.92. The molecule has 1 rings (SSSR count). The van der Waals surface area contributed by atoms with Crippen LogP contribution in [0.5, 0.6) is 0 Å².